The quantitative estimate of drug-likeness (QED) is 0.327. The zero-order valence-electron chi connectivity index (χ0n) is 8.92. The predicted octanol–water partition coefficient (Wildman–Crippen LogP) is 1.36. The molecule has 0 amide bonds. The van der Waals surface area contributed by atoms with Crippen molar-refractivity contribution in [3.05, 3.63) is 44.4 Å². The van der Waals surface area contributed by atoms with E-state index in [9.17, 15) is 13.2 Å². The summed E-state index contributed by atoms with van der Waals surface area (Å²) in [5.74, 6) is -0.807. The van der Waals surface area contributed by atoms with Crippen molar-refractivity contribution in [2.75, 3.05) is 6.26 Å². The second-order valence-corrected chi connectivity index (χ2v) is 4.66. The average molecular weight is 267 g/mol. The van der Waals surface area contributed by atoms with Crippen LogP contribution < -0.4 is 0 Å². The fourth-order valence-corrected chi connectivity index (χ4v) is 1.56. The van der Waals surface area contributed by atoms with Crippen molar-refractivity contribution in [1.82, 2.24) is 0 Å². The van der Waals surface area contributed by atoms with Crippen LogP contribution in [0.3, 0.4) is 0 Å². The number of Topliss-reactive ketones (excluding diaryl/α,β-unsaturated/α-hetero) is 1. The van der Waals surface area contributed by atoms with Crippen LogP contribution >= 0.6 is 0 Å². The van der Waals surface area contributed by atoms with E-state index in [4.69, 9.17) is 11.1 Å². The number of carbonyl (C=O) groups excluding carboxylic acids is 1. The van der Waals surface area contributed by atoms with Crippen molar-refractivity contribution >= 4 is 21.5 Å². The number of azide groups is 2. The number of sulfonamides is 1. The van der Waals surface area contributed by atoms with Crippen LogP contribution in [-0.4, -0.2) is 26.2 Å². The Balaban J connectivity index is 3.44. The molecule has 0 N–H and O–H groups in total. The van der Waals surface area contributed by atoms with Gasteiger partial charge in [0.2, 0.25) is 0 Å². The van der Waals surface area contributed by atoms with Gasteiger partial charge in [-0.05, 0) is 23.2 Å². The summed E-state index contributed by atoms with van der Waals surface area (Å²) in [7, 11) is -3.70. The van der Waals surface area contributed by atoms with Crippen LogP contribution in [0.2, 0.25) is 0 Å². The van der Waals surface area contributed by atoms with Crippen molar-refractivity contribution < 1.29 is 13.2 Å². The van der Waals surface area contributed by atoms with Gasteiger partial charge in [0, 0.05) is 9.82 Å². The van der Waals surface area contributed by atoms with Crippen LogP contribution in [-0.2, 0) is 14.8 Å². The predicted molar refractivity (Wildman–Crippen MR) is 61.7 cm³/mol. The molecule has 0 aromatic heterocycles. The Morgan fingerprint density at radius 2 is 1.56 bits per heavy atom. The first-order chi connectivity index (χ1) is 8.37. The molecule has 0 saturated heterocycles. The summed E-state index contributed by atoms with van der Waals surface area (Å²) in [5, 5.41) is 6.14. The van der Waals surface area contributed by atoms with E-state index in [-0.39, 0.29) is 5.71 Å². The number of carbonyl (C=O) groups is 1. The molecule has 0 radical (unpaired) electrons. The van der Waals surface area contributed by atoms with Gasteiger partial charge in [0.05, 0.1) is 23.4 Å². The molecule has 0 bridgehead atoms. The Bertz CT molecular complexity index is 647. The molecular formula is C7H5N7O3S. The summed E-state index contributed by atoms with van der Waals surface area (Å²) in [6.07, 6.45) is 2.82. The second kappa shape index (κ2) is 5.15. The van der Waals surface area contributed by atoms with Gasteiger partial charge in [-0.25, -0.2) is 8.42 Å². The van der Waals surface area contributed by atoms with Crippen molar-refractivity contribution in [3.63, 3.8) is 0 Å². The summed E-state index contributed by atoms with van der Waals surface area (Å²) in [6.45, 7) is 0. The maximum absolute atomic E-state index is 11.5. The van der Waals surface area contributed by atoms with Crippen LogP contribution in [0.15, 0.2) is 38.2 Å². The maximum Gasteiger partial charge on any atom is 0.250 e. The number of hydrogen-bond acceptors (Lipinski definition) is 5. The first kappa shape index (κ1) is 13.5. The lowest BCUT2D eigenvalue weighted by molar-refractivity contribution is -0.112. The fraction of sp³-hybridized carbons (Fsp3) is 0.143. The topological polar surface area (TPSA) is 161 Å². The van der Waals surface area contributed by atoms with Crippen molar-refractivity contribution in [2.45, 2.75) is 0 Å². The summed E-state index contributed by atoms with van der Waals surface area (Å²) in [6, 6.07) is 0. The van der Waals surface area contributed by atoms with Gasteiger partial charge in [-0.1, -0.05) is 10.2 Å². The largest absolute Gasteiger partial charge is 0.289 e. The number of nitrogens with zero attached hydrogens (tertiary/aromatic N) is 7. The molecule has 1 aliphatic carbocycles. The van der Waals surface area contributed by atoms with E-state index < -0.39 is 27.2 Å². The minimum Gasteiger partial charge on any atom is -0.289 e. The number of allylic oxidation sites excluding steroid dienone is 2. The smallest absolute Gasteiger partial charge is 0.250 e. The Hall–Kier alpha value is -2.61. The van der Waals surface area contributed by atoms with Gasteiger partial charge in [-0.15, -0.1) is 0 Å². The van der Waals surface area contributed by atoms with Crippen LogP contribution in [0.1, 0.15) is 0 Å². The van der Waals surface area contributed by atoms with Crippen LogP contribution in [0.25, 0.3) is 20.9 Å². The Morgan fingerprint density at radius 3 is 1.89 bits per heavy atom. The first-order valence-corrected chi connectivity index (χ1v) is 6.10. The molecule has 0 atom stereocenters. The highest BCUT2D eigenvalue weighted by atomic mass is 32.2. The van der Waals surface area contributed by atoms with Crippen molar-refractivity contribution in [3.8, 4) is 0 Å². The van der Waals surface area contributed by atoms with E-state index >= 15 is 0 Å². The normalized spacial score (nSPS) is 14.9. The number of rotatable bonds is 3. The number of hydrogen-bond donors (Lipinski definition) is 0. The zero-order chi connectivity index (χ0) is 13.8. The highest BCUT2D eigenvalue weighted by molar-refractivity contribution is 7.89. The summed E-state index contributed by atoms with van der Waals surface area (Å²) >= 11 is 0. The molecule has 0 spiro atoms. The molecule has 1 rings (SSSR count). The minimum atomic E-state index is -3.70. The van der Waals surface area contributed by atoms with E-state index in [1.54, 1.807) is 0 Å². The van der Waals surface area contributed by atoms with E-state index in [0.29, 0.717) is 0 Å². The SMILES string of the molecule is CS(=O)(=O)N=C1C=C(N=[N+]=[N-])C(=O)C(N=[N+]=[N-])=C1. The average Bonchev–Trinajstić information content (AvgIpc) is 2.23. The molecule has 0 saturated carbocycles. The third-order valence-electron chi connectivity index (χ3n) is 1.61. The van der Waals surface area contributed by atoms with Crippen LogP contribution in [0.5, 0.6) is 0 Å². The van der Waals surface area contributed by atoms with Gasteiger partial charge in [-0.3, -0.25) is 4.79 Å². The van der Waals surface area contributed by atoms with E-state index in [0.717, 1.165) is 18.4 Å². The van der Waals surface area contributed by atoms with Crippen molar-refractivity contribution in [2.24, 2.45) is 14.6 Å². The second-order valence-electron chi connectivity index (χ2n) is 3.02. The summed E-state index contributed by atoms with van der Waals surface area (Å²) in [4.78, 5) is 16.4. The standard InChI is InChI=1S/C7H5N7O3S/c1-18(16,17)12-4-2-5(10-13-8)7(15)6(3-4)11-14-9/h2-3H,1H3. The molecule has 0 aromatic carbocycles. The van der Waals surface area contributed by atoms with Crippen LogP contribution in [0, 0.1) is 0 Å². The van der Waals surface area contributed by atoms with Gasteiger partial charge >= 0.3 is 0 Å². The molecule has 11 heteroatoms. The lowest BCUT2D eigenvalue weighted by Crippen LogP contribution is -2.12. The summed E-state index contributed by atoms with van der Waals surface area (Å²) < 4.78 is 25.2. The Labute approximate surface area is 101 Å². The van der Waals surface area contributed by atoms with Crippen LogP contribution in [0.4, 0.5) is 0 Å². The minimum absolute atomic E-state index is 0.165. The van der Waals surface area contributed by atoms with E-state index in [1.165, 1.54) is 0 Å². The molecule has 0 aromatic rings. The third kappa shape index (κ3) is 3.46. The fourth-order valence-electron chi connectivity index (χ4n) is 1.07. The molecule has 0 fully saturated rings. The molecule has 0 aliphatic heterocycles. The maximum atomic E-state index is 11.5. The molecule has 0 unspecified atom stereocenters. The molecule has 1 aliphatic rings. The summed E-state index contributed by atoms with van der Waals surface area (Å²) in [5.41, 5.74) is 15.5. The Morgan fingerprint density at radius 1 is 1.11 bits per heavy atom. The van der Waals surface area contributed by atoms with Gasteiger partial charge in [-0.2, -0.15) is 4.40 Å². The van der Waals surface area contributed by atoms with Gasteiger partial charge in [0.25, 0.3) is 10.0 Å². The molecule has 0 heterocycles. The molecule has 18 heavy (non-hydrogen) atoms. The monoisotopic (exact) mass is 267 g/mol. The van der Waals surface area contributed by atoms with Gasteiger partial charge in [0.15, 0.2) is 5.78 Å². The molecule has 10 nitrogen and oxygen atoms in total. The molecular weight excluding hydrogens is 262 g/mol. The lowest BCUT2D eigenvalue weighted by atomic mass is 10.1. The van der Waals surface area contributed by atoms with E-state index in [2.05, 4.69) is 24.4 Å². The van der Waals surface area contributed by atoms with Gasteiger partial charge < -0.3 is 0 Å². The Kier molecular flexibility index (Phi) is 3.85. The first-order valence-electron chi connectivity index (χ1n) is 4.25. The third-order valence-corrected chi connectivity index (χ3v) is 2.15. The highest BCUT2D eigenvalue weighted by Crippen LogP contribution is 2.16. The molecule has 92 valence electrons. The zero-order valence-corrected chi connectivity index (χ0v) is 9.73. The highest BCUT2D eigenvalue weighted by Gasteiger charge is 2.19. The lowest BCUT2D eigenvalue weighted by Gasteiger charge is -2.07. The van der Waals surface area contributed by atoms with Gasteiger partial charge in [0.1, 0.15) is 0 Å². The van der Waals surface area contributed by atoms with E-state index in [1.807, 2.05) is 0 Å². The van der Waals surface area contributed by atoms with Crippen molar-refractivity contribution in [1.29, 1.82) is 0 Å². The number of ketones is 1.